The monoisotopic (exact) mass is 215 g/mol. The fraction of sp³-hybridized carbons (Fsp3) is 0.357. The molecule has 1 aromatic carbocycles. The molecule has 1 unspecified atom stereocenters. The maximum Gasteiger partial charge on any atom is 0.191 e. The van der Waals surface area contributed by atoms with Gasteiger partial charge >= 0.3 is 0 Å². The lowest BCUT2D eigenvalue weighted by Crippen LogP contribution is -2.12. The minimum atomic E-state index is 0.113. The van der Waals surface area contributed by atoms with Gasteiger partial charge in [0.2, 0.25) is 0 Å². The van der Waals surface area contributed by atoms with Gasteiger partial charge in [0, 0.05) is 16.8 Å². The molecule has 2 N–H and O–H groups in total. The minimum Gasteiger partial charge on any atom is -0.402 e. The normalized spacial score (nSPS) is 20.2. The predicted molar refractivity (Wildman–Crippen MR) is 65.0 cm³/mol. The zero-order valence-electron chi connectivity index (χ0n) is 9.57. The van der Waals surface area contributed by atoms with Crippen molar-refractivity contribution < 1.29 is 4.79 Å². The molecule has 0 saturated carbocycles. The first-order chi connectivity index (χ1) is 7.74. The number of nitrogens with two attached hydrogens (primary N) is 1. The van der Waals surface area contributed by atoms with Gasteiger partial charge in [-0.3, -0.25) is 4.79 Å². The van der Waals surface area contributed by atoms with E-state index in [-0.39, 0.29) is 5.78 Å². The summed E-state index contributed by atoms with van der Waals surface area (Å²) in [5.74, 6) is 0.468. The van der Waals surface area contributed by atoms with Gasteiger partial charge in [0.05, 0.1) is 0 Å². The molecule has 1 atom stereocenters. The van der Waals surface area contributed by atoms with E-state index in [2.05, 4.69) is 6.92 Å². The van der Waals surface area contributed by atoms with E-state index in [0.29, 0.717) is 5.92 Å². The first kappa shape index (κ1) is 10.9. The van der Waals surface area contributed by atoms with Gasteiger partial charge in [0.15, 0.2) is 5.78 Å². The zero-order valence-corrected chi connectivity index (χ0v) is 9.57. The van der Waals surface area contributed by atoms with Crippen LogP contribution in [0.2, 0.25) is 0 Å². The second kappa shape index (κ2) is 4.52. The van der Waals surface area contributed by atoms with Gasteiger partial charge in [-0.15, -0.1) is 0 Å². The van der Waals surface area contributed by atoms with E-state index in [1.807, 2.05) is 30.3 Å². The highest BCUT2D eigenvalue weighted by Gasteiger charge is 2.28. The van der Waals surface area contributed by atoms with Gasteiger partial charge in [-0.1, -0.05) is 37.3 Å². The van der Waals surface area contributed by atoms with Gasteiger partial charge in [-0.2, -0.15) is 0 Å². The van der Waals surface area contributed by atoms with E-state index in [0.717, 1.165) is 36.1 Å². The van der Waals surface area contributed by atoms with Crippen molar-refractivity contribution in [1.29, 1.82) is 0 Å². The molecule has 2 heteroatoms. The summed E-state index contributed by atoms with van der Waals surface area (Å²) in [7, 11) is 0. The Labute approximate surface area is 96.2 Å². The van der Waals surface area contributed by atoms with Crippen molar-refractivity contribution in [2.24, 2.45) is 11.7 Å². The molecule has 0 heterocycles. The van der Waals surface area contributed by atoms with Gasteiger partial charge in [0.25, 0.3) is 0 Å². The van der Waals surface area contributed by atoms with Crippen molar-refractivity contribution >= 4 is 5.78 Å². The Morgan fingerprint density at radius 2 is 2.06 bits per heavy atom. The van der Waals surface area contributed by atoms with Crippen LogP contribution in [-0.2, 0) is 0 Å². The van der Waals surface area contributed by atoms with Crippen LogP contribution in [0.1, 0.15) is 36.5 Å². The fourth-order valence-electron chi connectivity index (χ4n) is 2.36. The van der Waals surface area contributed by atoms with Crippen LogP contribution in [0.4, 0.5) is 0 Å². The molecule has 84 valence electrons. The highest BCUT2D eigenvalue weighted by Crippen LogP contribution is 2.33. The topological polar surface area (TPSA) is 43.1 Å². The van der Waals surface area contributed by atoms with Crippen LogP contribution in [0.15, 0.2) is 41.6 Å². The second-order valence-electron chi connectivity index (χ2n) is 4.28. The molecule has 0 radical (unpaired) electrons. The van der Waals surface area contributed by atoms with Gasteiger partial charge in [-0.25, -0.2) is 0 Å². The van der Waals surface area contributed by atoms with Crippen molar-refractivity contribution in [3.8, 4) is 0 Å². The fourth-order valence-corrected chi connectivity index (χ4v) is 2.36. The van der Waals surface area contributed by atoms with Crippen LogP contribution < -0.4 is 5.73 Å². The molecule has 0 aromatic heterocycles. The van der Waals surface area contributed by atoms with Gasteiger partial charge in [0.1, 0.15) is 0 Å². The van der Waals surface area contributed by atoms with Crippen LogP contribution in [0.3, 0.4) is 0 Å². The molecule has 0 bridgehead atoms. The summed E-state index contributed by atoms with van der Waals surface area (Å²) in [5, 5.41) is 0. The van der Waals surface area contributed by atoms with E-state index in [1.54, 1.807) is 0 Å². The summed E-state index contributed by atoms with van der Waals surface area (Å²) in [6, 6.07) is 9.40. The molecule has 1 aromatic rings. The SMILES string of the molecule is CCC1CCC(N)=C1C(=O)c1ccccc1. The molecule has 16 heavy (non-hydrogen) atoms. The molecular formula is C14H17NO. The first-order valence-corrected chi connectivity index (χ1v) is 5.82. The summed E-state index contributed by atoms with van der Waals surface area (Å²) in [6.07, 6.45) is 2.89. The Kier molecular flexibility index (Phi) is 3.09. The van der Waals surface area contributed by atoms with Crippen LogP contribution >= 0.6 is 0 Å². The van der Waals surface area contributed by atoms with Crippen molar-refractivity contribution in [3.63, 3.8) is 0 Å². The highest BCUT2D eigenvalue weighted by atomic mass is 16.1. The molecule has 1 aliphatic rings. The Morgan fingerprint density at radius 3 is 2.69 bits per heavy atom. The number of Topliss-reactive ketones (excluding diaryl/α,β-unsaturated/α-hetero) is 1. The second-order valence-corrected chi connectivity index (χ2v) is 4.28. The summed E-state index contributed by atoms with van der Waals surface area (Å²) in [5.41, 5.74) is 8.34. The lowest BCUT2D eigenvalue weighted by atomic mass is 9.92. The quantitative estimate of drug-likeness (QED) is 0.788. The molecular weight excluding hydrogens is 198 g/mol. The number of ketones is 1. The number of allylic oxidation sites excluding steroid dienone is 2. The third kappa shape index (κ3) is 1.87. The van der Waals surface area contributed by atoms with E-state index in [4.69, 9.17) is 5.73 Å². The third-order valence-corrected chi connectivity index (χ3v) is 3.29. The lowest BCUT2D eigenvalue weighted by Gasteiger charge is -2.11. The number of benzene rings is 1. The molecule has 0 saturated heterocycles. The van der Waals surface area contributed by atoms with E-state index in [1.165, 1.54) is 0 Å². The molecule has 2 rings (SSSR count). The number of rotatable bonds is 3. The average Bonchev–Trinajstić information content (AvgIpc) is 2.70. The summed E-state index contributed by atoms with van der Waals surface area (Å²) >= 11 is 0. The number of carbonyl (C=O) groups is 1. The molecule has 1 aliphatic carbocycles. The average molecular weight is 215 g/mol. The Balaban J connectivity index is 2.32. The van der Waals surface area contributed by atoms with Crippen LogP contribution in [0.5, 0.6) is 0 Å². The first-order valence-electron chi connectivity index (χ1n) is 5.82. The van der Waals surface area contributed by atoms with Crippen molar-refractivity contribution in [3.05, 3.63) is 47.2 Å². The van der Waals surface area contributed by atoms with Crippen LogP contribution in [0.25, 0.3) is 0 Å². The van der Waals surface area contributed by atoms with Crippen LogP contribution in [0, 0.1) is 5.92 Å². The van der Waals surface area contributed by atoms with Crippen molar-refractivity contribution in [2.45, 2.75) is 26.2 Å². The third-order valence-electron chi connectivity index (χ3n) is 3.29. The molecule has 0 fully saturated rings. The number of hydrogen-bond acceptors (Lipinski definition) is 2. The maximum atomic E-state index is 12.3. The Hall–Kier alpha value is -1.57. The molecule has 0 spiro atoms. The smallest absolute Gasteiger partial charge is 0.191 e. The Morgan fingerprint density at radius 1 is 1.38 bits per heavy atom. The zero-order chi connectivity index (χ0) is 11.5. The lowest BCUT2D eigenvalue weighted by molar-refractivity contribution is 0.102. The molecule has 0 aliphatic heterocycles. The summed E-state index contributed by atoms with van der Waals surface area (Å²) < 4.78 is 0. The van der Waals surface area contributed by atoms with Gasteiger partial charge in [-0.05, 0) is 25.2 Å². The van der Waals surface area contributed by atoms with E-state index in [9.17, 15) is 4.79 Å². The van der Waals surface area contributed by atoms with Crippen molar-refractivity contribution in [1.82, 2.24) is 0 Å². The standard InChI is InChI=1S/C14H17NO/c1-2-10-8-9-12(15)13(10)14(16)11-6-4-3-5-7-11/h3-7,10H,2,8-9,15H2,1H3. The highest BCUT2D eigenvalue weighted by molar-refractivity contribution is 6.09. The summed E-state index contributed by atoms with van der Waals surface area (Å²) in [4.78, 5) is 12.3. The maximum absolute atomic E-state index is 12.3. The number of hydrogen-bond donors (Lipinski definition) is 1. The predicted octanol–water partition coefficient (Wildman–Crippen LogP) is 2.90. The van der Waals surface area contributed by atoms with E-state index < -0.39 is 0 Å². The van der Waals surface area contributed by atoms with Crippen LogP contribution in [-0.4, -0.2) is 5.78 Å². The molecule has 2 nitrogen and oxygen atoms in total. The van der Waals surface area contributed by atoms with Crippen molar-refractivity contribution in [2.75, 3.05) is 0 Å². The van der Waals surface area contributed by atoms with E-state index >= 15 is 0 Å². The minimum absolute atomic E-state index is 0.113. The Bertz CT molecular complexity index is 420. The summed E-state index contributed by atoms with van der Waals surface area (Å²) in [6.45, 7) is 2.11. The largest absolute Gasteiger partial charge is 0.402 e. The molecule has 0 amide bonds. The number of carbonyl (C=O) groups excluding carboxylic acids is 1. The van der Waals surface area contributed by atoms with Gasteiger partial charge < -0.3 is 5.73 Å².